The van der Waals surface area contributed by atoms with Crippen LogP contribution in [0.25, 0.3) is 45.0 Å². The summed E-state index contributed by atoms with van der Waals surface area (Å²) >= 11 is 0. The third kappa shape index (κ3) is 3.14. The van der Waals surface area contributed by atoms with Crippen LogP contribution in [0, 0.1) is 0 Å². The van der Waals surface area contributed by atoms with E-state index in [0.717, 1.165) is 39.5 Å². The maximum absolute atomic E-state index is 5.20. The molecule has 0 N–H and O–H groups in total. The first-order valence-electron chi connectivity index (χ1n) is 11.1. The van der Waals surface area contributed by atoms with Crippen LogP contribution in [0.1, 0.15) is 25.2 Å². The molecule has 0 unspecified atom stereocenters. The van der Waals surface area contributed by atoms with Crippen molar-refractivity contribution in [1.82, 2.24) is 19.9 Å². The molecule has 3 aromatic heterocycles. The second kappa shape index (κ2) is 7.45. The molecule has 0 radical (unpaired) electrons. The molecular formula is C29H22N4. The smallest absolute Gasteiger partial charge is 0.178 e. The molecule has 0 amide bonds. The van der Waals surface area contributed by atoms with Crippen LogP contribution in [-0.4, -0.2) is 19.9 Å². The first-order valence-corrected chi connectivity index (χ1v) is 11.1. The molecule has 6 rings (SSSR count). The van der Waals surface area contributed by atoms with Crippen molar-refractivity contribution in [3.63, 3.8) is 0 Å². The number of benzene rings is 2. The maximum atomic E-state index is 5.20. The first-order chi connectivity index (χ1) is 16.1. The van der Waals surface area contributed by atoms with E-state index in [0.29, 0.717) is 5.82 Å². The van der Waals surface area contributed by atoms with Crippen LogP contribution in [0.2, 0.25) is 0 Å². The zero-order chi connectivity index (χ0) is 22.4. The molecule has 1 aliphatic carbocycles. The Morgan fingerprint density at radius 2 is 1.27 bits per heavy atom. The maximum Gasteiger partial charge on any atom is 0.178 e. The van der Waals surface area contributed by atoms with Crippen LogP contribution >= 0.6 is 0 Å². The summed E-state index contributed by atoms with van der Waals surface area (Å²) in [7, 11) is 0. The summed E-state index contributed by atoms with van der Waals surface area (Å²) in [4.78, 5) is 19.2. The Labute approximate surface area is 193 Å². The van der Waals surface area contributed by atoms with Gasteiger partial charge in [-0.3, -0.25) is 9.97 Å². The van der Waals surface area contributed by atoms with Gasteiger partial charge in [0.05, 0.1) is 22.5 Å². The van der Waals surface area contributed by atoms with Gasteiger partial charge in [-0.15, -0.1) is 0 Å². The Hall–Kier alpha value is -4.18. The molecular weight excluding hydrogens is 404 g/mol. The number of rotatable bonds is 3. The molecule has 0 fully saturated rings. The quantitative estimate of drug-likeness (QED) is 0.327. The number of aromatic nitrogens is 4. The fraction of sp³-hybridized carbons (Fsp3) is 0.103. The lowest BCUT2D eigenvalue weighted by Gasteiger charge is -2.20. The average molecular weight is 427 g/mol. The molecule has 0 spiro atoms. The van der Waals surface area contributed by atoms with Crippen molar-refractivity contribution >= 4 is 0 Å². The summed E-state index contributed by atoms with van der Waals surface area (Å²) in [5.41, 5.74) is 9.06. The topological polar surface area (TPSA) is 51.6 Å². The molecule has 33 heavy (non-hydrogen) atoms. The minimum Gasteiger partial charge on any atom is -0.253 e. The second-order valence-electron chi connectivity index (χ2n) is 8.80. The Kier molecular flexibility index (Phi) is 4.40. The Balaban J connectivity index is 1.48. The second-order valence-corrected chi connectivity index (χ2v) is 8.80. The lowest BCUT2D eigenvalue weighted by atomic mass is 9.88. The van der Waals surface area contributed by atoms with Gasteiger partial charge in [0.2, 0.25) is 0 Å². The highest BCUT2D eigenvalue weighted by Gasteiger charge is 2.39. The largest absolute Gasteiger partial charge is 0.253 e. The Bertz CT molecular complexity index is 1470. The summed E-state index contributed by atoms with van der Waals surface area (Å²) < 4.78 is 0. The molecule has 5 aromatic rings. The summed E-state index contributed by atoms with van der Waals surface area (Å²) in [5, 5.41) is 0. The van der Waals surface area contributed by atoms with E-state index >= 15 is 0 Å². The van der Waals surface area contributed by atoms with Crippen LogP contribution in [0.5, 0.6) is 0 Å². The van der Waals surface area contributed by atoms with Crippen molar-refractivity contribution in [3.05, 3.63) is 109 Å². The monoisotopic (exact) mass is 426 g/mol. The van der Waals surface area contributed by atoms with Crippen LogP contribution < -0.4 is 0 Å². The zero-order valence-electron chi connectivity index (χ0n) is 18.5. The van der Waals surface area contributed by atoms with Gasteiger partial charge in [0.1, 0.15) is 5.69 Å². The lowest BCUT2D eigenvalue weighted by molar-refractivity contribution is 0.615. The van der Waals surface area contributed by atoms with Crippen LogP contribution in [0.15, 0.2) is 97.3 Å². The van der Waals surface area contributed by atoms with Gasteiger partial charge in [-0.05, 0) is 43.2 Å². The van der Waals surface area contributed by atoms with Crippen molar-refractivity contribution in [2.45, 2.75) is 19.3 Å². The molecule has 1 aliphatic rings. The van der Waals surface area contributed by atoms with E-state index in [4.69, 9.17) is 9.97 Å². The number of hydrogen-bond donors (Lipinski definition) is 0. The third-order valence-electron chi connectivity index (χ3n) is 6.34. The minimum atomic E-state index is -0.338. The van der Waals surface area contributed by atoms with E-state index in [1.54, 1.807) is 6.20 Å². The molecule has 158 valence electrons. The number of hydrogen-bond acceptors (Lipinski definition) is 4. The third-order valence-corrected chi connectivity index (χ3v) is 6.34. The summed E-state index contributed by atoms with van der Waals surface area (Å²) in [6, 6.07) is 29.0. The SMILES string of the molecule is CC1(C)c2nc(-c3ccccc3-c3ccccc3)ccc2-c2cnc(-c3ccccn3)nc21. The zero-order valence-corrected chi connectivity index (χ0v) is 18.5. The summed E-state index contributed by atoms with van der Waals surface area (Å²) in [5.74, 6) is 0.643. The predicted molar refractivity (Wildman–Crippen MR) is 131 cm³/mol. The Morgan fingerprint density at radius 1 is 0.545 bits per heavy atom. The molecule has 2 aromatic carbocycles. The molecule has 0 saturated carbocycles. The number of fused-ring (bicyclic) bond motifs is 3. The molecule has 0 aliphatic heterocycles. The van der Waals surface area contributed by atoms with E-state index in [2.05, 4.69) is 84.5 Å². The van der Waals surface area contributed by atoms with Gasteiger partial charge in [-0.25, -0.2) is 9.97 Å². The van der Waals surface area contributed by atoms with Crippen molar-refractivity contribution in [3.8, 4) is 45.0 Å². The fourth-order valence-corrected chi connectivity index (χ4v) is 4.66. The lowest BCUT2D eigenvalue weighted by Crippen LogP contribution is -2.19. The standard InChI is InChI=1S/C29H22N4/c1-29(2)26-22(23-18-31-28(33-27(23)29)25-14-8-9-17-30-25)15-16-24(32-26)21-13-7-6-12-20(21)19-10-4-3-5-11-19/h3-18H,1-2H3. The van der Waals surface area contributed by atoms with E-state index < -0.39 is 0 Å². The van der Waals surface area contributed by atoms with Crippen molar-refractivity contribution < 1.29 is 0 Å². The van der Waals surface area contributed by atoms with E-state index in [-0.39, 0.29) is 5.41 Å². The molecule has 0 saturated heterocycles. The van der Waals surface area contributed by atoms with Crippen LogP contribution in [0.3, 0.4) is 0 Å². The van der Waals surface area contributed by atoms with Gasteiger partial charge in [-0.1, -0.05) is 66.7 Å². The van der Waals surface area contributed by atoms with Gasteiger partial charge in [-0.2, -0.15) is 0 Å². The minimum absolute atomic E-state index is 0.338. The normalized spacial score (nSPS) is 13.4. The van der Waals surface area contributed by atoms with Crippen molar-refractivity contribution in [2.24, 2.45) is 0 Å². The molecule has 0 atom stereocenters. The molecule has 4 nitrogen and oxygen atoms in total. The van der Waals surface area contributed by atoms with Crippen molar-refractivity contribution in [2.75, 3.05) is 0 Å². The molecule has 0 bridgehead atoms. The number of pyridine rings is 2. The fourth-order valence-electron chi connectivity index (χ4n) is 4.66. The van der Waals surface area contributed by atoms with Gasteiger partial charge >= 0.3 is 0 Å². The summed E-state index contributed by atoms with van der Waals surface area (Å²) in [6.45, 7) is 4.37. The van der Waals surface area contributed by atoms with Gasteiger partial charge in [0.15, 0.2) is 5.82 Å². The average Bonchev–Trinajstić information content (AvgIpc) is 3.11. The van der Waals surface area contributed by atoms with E-state index in [9.17, 15) is 0 Å². The van der Waals surface area contributed by atoms with E-state index in [1.807, 2.05) is 30.5 Å². The molecule has 3 heterocycles. The highest BCUT2D eigenvalue weighted by Crippen LogP contribution is 2.47. The van der Waals surface area contributed by atoms with Crippen molar-refractivity contribution in [1.29, 1.82) is 0 Å². The Morgan fingerprint density at radius 3 is 2.06 bits per heavy atom. The number of nitrogens with zero attached hydrogens (tertiary/aromatic N) is 4. The highest BCUT2D eigenvalue weighted by atomic mass is 14.9. The molecule has 4 heteroatoms. The predicted octanol–water partition coefficient (Wildman–Crippen LogP) is 6.57. The highest BCUT2D eigenvalue weighted by molar-refractivity contribution is 5.84. The van der Waals surface area contributed by atoms with Gasteiger partial charge in [0.25, 0.3) is 0 Å². The van der Waals surface area contributed by atoms with Crippen LogP contribution in [-0.2, 0) is 5.41 Å². The summed E-state index contributed by atoms with van der Waals surface area (Å²) in [6.07, 6.45) is 3.68. The van der Waals surface area contributed by atoms with E-state index in [1.165, 1.54) is 11.1 Å². The van der Waals surface area contributed by atoms with Gasteiger partial charge < -0.3 is 0 Å². The van der Waals surface area contributed by atoms with Crippen LogP contribution in [0.4, 0.5) is 0 Å². The van der Waals surface area contributed by atoms with Gasteiger partial charge in [0, 0.05) is 29.1 Å². The first kappa shape index (κ1) is 19.5.